The van der Waals surface area contributed by atoms with Crippen LogP contribution in [-0.2, 0) is 4.79 Å². The van der Waals surface area contributed by atoms with Gasteiger partial charge in [0.2, 0.25) is 0 Å². The van der Waals surface area contributed by atoms with Gasteiger partial charge in [0.1, 0.15) is 5.75 Å². The van der Waals surface area contributed by atoms with Gasteiger partial charge >= 0.3 is 5.97 Å². The number of aliphatic carboxylic acids is 1. The van der Waals surface area contributed by atoms with Crippen molar-refractivity contribution >= 4 is 11.9 Å². The number of rotatable bonds is 8. The maximum atomic E-state index is 12.0. The molecule has 1 atom stereocenters. The van der Waals surface area contributed by atoms with E-state index in [0.717, 1.165) is 6.42 Å². The van der Waals surface area contributed by atoms with Crippen molar-refractivity contribution in [3.05, 3.63) is 29.8 Å². The van der Waals surface area contributed by atoms with Crippen LogP contribution in [0.15, 0.2) is 24.3 Å². The molecule has 0 bridgehead atoms. The third-order valence-electron chi connectivity index (χ3n) is 2.74. The minimum absolute atomic E-state index is 0.0428. The number of hydrogen-bond acceptors (Lipinski definition) is 3. The molecule has 5 nitrogen and oxygen atoms in total. The largest absolute Gasteiger partial charge is 0.494 e. The number of ether oxygens (including phenoxy) is 1. The molecule has 110 valence electrons. The monoisotopic (exact) mass is 279 g/mol. The van der Waals surface area contributed by atoms with Crippen LogP contribution in [-0.4, -0.2) is 29.6 Å². The van der Waals surface area contributed by atoms with Crippen molar-refractivity contribution in [3.63, 3.8) is 0 Å². The number of amides is 1. The van der Waals surface area contributed by atoms with Gasteiger partial charge in [-0.25, -0.2) is 0 Å². The molecule has 0 spiro atoms. The van der Waals surface area contributed by atoms with Gasteiger partial charge in [-0.2, -0.15) is 0 Å². The van der Waals surface area contributed by atoms with Gasteiger partial charge in [0.05, 0.1) is 6.61 Å². The SMILES string of the molecule is CCCOc1cccc(C(=O)NC(C)CCC(=O)O)c1. The molecule has 1 amide bonds. The van der Waals surface area contributed by atoms with Crippen molar-refractivity contribution in [3.8, 4) is 5.75 Å². The summed E-state index contributed by atoms with van der Waals surface area (Å²) in [6, 6.07) is 6.79. The standard InChI is InChI=1S/C15H21NO4/c1-3-9-20-13-6-4-5-12(10-13)15(19)16-11(2)7-8-14(17)18/h4-6,10-11H,3,7-9H2,1-2H3,(H,16,19)(H,17,18). The molecule has 1 rings (SSSR count). The molecule has 1 unspecified atom stereocenters. The van der Waals surface area contributed by atoms with Crippen molar-refractivity contribution in [1.82, 2.24) is 5.32 Å². The van der Waals surface area contributed by atoms with Gasteiger partial charge in [0, 0.05) is 18.0 Å². The summed E-state index contributed by atoms with van der Waals surface area (Å²) in [6.07, 6.45) is 1.36. The summed E-state index contributed by atoms with van der Waals surface area (Å²) in [7, 11) is 0. The smallest absolute Gasteiger partial charge is 0.303 e. The summed E-state index contributed by atoms with van der Waals surface area (Å²) in [5, 5.41) is 11.4. The van der Waals surface area contributed by atoms with Gasteiger partial charge < -0.3 is 15.2 Å². The highest BCUT2D eigenvalue weighted by Gasteiger charge is 2.11. The molecule has 0 saturated carbocycles. The Bertz CT molecular complexity index is 459. The number of carboxylic acids is 1. The Hall–Kier alpha value is -2.04. The number of carbonyl (C=O) groups is 2. The lowest BCUT2D eigenvalue weighted by Crippen LogP contribution is -2.32. The zero-order chi connectivity index (χ0) is 15.0. The molecule has 0 radical (unpaired) electrons. The second-order valence-electron chi connectivity index (χ2n) is 4.68. The van der Waals surface area contributed by atoms with Gasteiger partial charge in [0.15, 0.2) is 0 Å². The zero-order valence-electron chi connectivity index (χ0n) is 11.9. The predicted octanol–water partition coefficient (Wildman–Crippen LogP) is 2.46. The number of carbonyl (C=O) groups excluding carboxylic acids is 1. The van der Waals surface area contributed by atoms with E-state index in [2.05, 4.69) is 5.32 Å². The van der Waals surface area contributed by atoms with Crippen LogP contribution in [0.1, 0.15) is 43.5 Å². The highest BCUT2D eigenvalue weighted by molar-refractivity contribution is 5.94. The van der Waals surface area contributed by atoms with Crippen LogP contribution in [0.4, 0.5) is 0 Å². The van der Waals surface area contributed by atoms with E-state index < -0.39 is 5.97 Å². The Morgan fingerprint density at radius 1 is 1.40 bits per heavy atom. The number of hydrogen-bond donors (Lipinski definition) is 2. The van der Waals surface area contributed by atoms with E-state index in [4.69, 9.17) is 9.84 Å². The Morgan fingerprint density at radius 3 is 2.80 bits per heavy atom. The molecule has 1 aromatic rings. The number of nitrogens with one attached hydrogen (secondary N) is 1. The van der Waals surface area contributed by atoms with Crippen LogP contribution < -0.4 is 10.1 Å². The minimum Gasteiger partial charge on any atom is -0.494 e. The first-order chi connectivity index (χ1) is 9.52. The molecule has 0 aliphatic heterocycles. The molecule has 1 aromatic carbocycles. The van der Waals surface area contributed by atoms with E-state index in [1.807, 2.05) is 6.92 Å². The van der Waals surface area contributed by atoms with Gasteiger partial charge in [-0.1, -0.05) is 13.0 Å². The molecule has 0 aliphatic carbocycles. The number of carboxylic acid groups (broad SMARTS) is 1. The molecule has 0 aliphatic rings. The highest BCUT2D eigenvalue weighted by Crippen LogP contribution is 2.14. The Morgan fingerprint density at radius 2 is 2.15 bits per heavy atom. The van der Waals surface area contributed by atoms with E-state index in [1.54, 1.807) is 31.2 Å². The average Bonchev–Trinajstić information content (AvgIpc) is 2.43. The lowest BCUT2D eigenvalue weighted by molar-refractivity contribution is -0.137. The fourth-order valence-electron chi connectivity index (χ4n) is 1.67. The van der Waals surface area contributed by atoms with Crippen LogP contribution in [0.2, 0.25) is 0 Å². The fourth-order valence-corrected chi connectivity index (χ4v) is 1.67. The molecule has 20 heavy (non-hydrogen) atoms. The van der Waals surface area contributed by atoms with E-state index in [0.29, 0.717) is 24.3 Å². The van der Waals surface area contributed by atoms with Gasteiger partial charge in [-0.05, 0) is 38.0 Å². The first-order valence-electron chi connectivity index (χ1n) is 6.78. The normalized spacial score (nSPS) is 11.7. The van der Waals surface area contributed by atoms with Crippen LogP contribution in [0.3, 0.4) is 0 Å². The third-order valence-corrected chi connectivity index (χ3v) is 2.74. The van der Waals surface area contributed by atoms with E-state index in [1.165, 1.54) is 0 Å². The molecular weight excluding hydrogens is 258 g/mol. The summed E-state index contributed by atoms with van der Waals surface area (Å²) >= 11 is 0. The van der Waals surface area contributed by atoms with Crippen molar-refractivity contribution in [2.24, 2.45) is 0 Å². The van der Waals surface area contributed by atoms with Crippen LogP contribution in [0.5, 0.6) is 5.75 Å². The minimum atomic E-state index is -0.860. The average molecular weight is 279 g/mol. The maximum absolute atomic E-state index is 12.0. The number of benzene rings is 1. The summed E-state index contributed by atoms with van der Waals surface area (Å²) < 4.78 is 5.47. The molecular formula is C15H21NO4. The van der Waals surface area contributed by atoms with E-state index in [-0.39, 0.29) is 18.4 Å². The fraction of sp³-hybridized carbons (Fsp3) is 0.467. The Balaban J connectivity index is 2.56. The molecule has 2 N–H and O–H groups in total. The highest BCUT2D eigenvalue weighted by atomic mass is 16.5. The van der Waals surface area contributed by atoms with E-state index >= 15 is 0 Å². The topological polar surface area (TPSA) is 75.6 Å². The Kier molecular flexibility index (Phi) is 6.56. The predicted molar refractivity (Wildman–Crippen MR) is 76.0 cm³/mol. The molecule has 0 saturated heterocycles. The lowest BCUT2D eigenvalue weighted by atomic mass is 10.1. The van der Waals surface area contributed by atoms with E-state index in [9.17, 15) is 9.59 Å². The molecule has 0 aromatic heterocycles. The summed E-state index contributed by atoms with van der Waals surface area (Å²) in [6.45, 7) is 4.42. The molecule has 0 fully saturated rings. The van der Waals surface area contributed by atoms with Crippen molar-refractivity contribution < 1.29 is 19.4 Å². The van der Waals surface area contributed by atoms with Crippen LogP contribution in [0, 0.1) is 0 Å². The lowest BCUT2D eigenvalue weighted by Gasteiger charge is -2.13. The quantitative estimate of drug-likeness (QED) is 0.766. The van der Waals surface area contributed by atoms with Crippen molar-refractivity contribution in [2.75, 3.05) is 6.61 Å². The molecule has 5 heteroatoms. The first kappa shape index (κ1) is 16.0. The summed E-state index contributed by atoms with van der Waals surface area (Å²) in [5.41, 5.74) is 0.515. The maximum Gasteiger partial charge on any atom is 0.303 e. The van der Waals surface area contributed by atoms with Crippen molar-refractivity contribution in [2.45, 2.75) is 39.2 Å². The second kappa shape index (κ2) is 8.19. The van der Waals surface area contributed by atoms with Crippen LogP contribution in [0.25, 0.3) is 0 Å². The zero-order valence-corrected chi connectivity index (χ0v) is 11.9. The van der Waals surface area contributed by atoms with Gasteiger partial charge in [-0.15, -0.1) is 0 Å². The van der Waals surface area contributed by atoms with Crippen LogP contribution >= 0.6 is 0 Å². The van der Waals surface area contributed by atoms with Gasteiger partial charge in [0.25, 0.3) is 5.91 Å². The summed E-state index contributed by atoms with van der Waals surface area (Å²) in [5.74, 6) is -0.413. The van der Waals surface area contributed by atoms with Gasteiger partial charge in [-0.3, -0.25) is 9.59 Å². The first-order valence-corrected chi connectivity index (χ1v) is 6.78. The summed E-state index contributed by atoms with van der Waals surface area (Å²) in [4.78, 5) is 22.5. The molecule has 0 heterocycles. The Labute approximate surface area is 118 Å². The third kappa shape index (κ3) is 5.73. The van der Waals surface area contributed by atoms with Crippen molar-refractivity contribution in [1.29, 1.82) is 0 Å². The second-order valence-corrected chi connectivity index (χ2v) is 4.68.